The molecule has 25 heavy (non-hydrogen) atoms. The van der Waals surface area contributed by atoms with E-state index in [1.165, 1.54) is 17.2 Å². The number of hydrogen-bond donors (Lipinski definition) is 1. The average molecular weight is 334 g/mol. The van der Waals surface area contributed by atoms with E-state index < -0.39 is 0 Å². The molecule has 0 bridgehead atoms. The number of amides is 2. The van der Waals surface area contributed by atoms with E-state index >= 15 is 0 Å². The zero-order valence-corrected chi connectivity index (χ0v) is 14.2. The molecular formula is C21H22N2O2. The summed E-state index contributed by atoms with van der Waals surface area (Å²) in [6.07, 6.45) is 2.35. The van der Waals surface area contributed by atoms with Crippen LogP contribution in [0.3, 0.4) is 0 Å². The van der Waals surface area contributed by atoms with Crippen LogP contribution in [0.1, 0.15) is 29.2 Å². The van der Waals surface area contributed by atoms with E-state index in [-0.39, 0.29) is 24.3 Å². The van der Waals surface area contributed by atoms with Crippen LogP contribution < -0.4 is 5.32 Å². The quantitative estimate of drug-likeness (QED) is 0.855. The molecule has 2 aromatic rings. The monoisotopic (exact) mass is 334 g/mol. The number of hydrogen-bond acceptors (Lipinski definition) is 2. The molecular weight excluding hydrogens is 312 g/mol. The Morgan fingerprint density at radius 3 is 2.60 bits per heavy atom. The minimum atomic E-state index is -0.253. The van der Waals surface area contributed by atoms with Crippen LogP contribution >= 0.6 is 0 Å². The molecule has 0 aliphatic carbocycles. The number of rotatable bonds is 5. The third kappa shape index (κ3) is 3.79. The van der Waals surface area contributed by atoms with Crippen LogP contribution in [0, 0.1) is 0 Å². The summed E-state index contributed by atoms with van der Waals surface area (Å²) in [5.41, 5.74) is 3.59. The van der Waals surface area contributed by atoms with E-state index in [0.29, 0.717) is 13.1 Å². The zero-order chi connectivity index (χ0) is 17.6. The maximum Gasteiger partial charge on any atom is 0.243 e. The summed E-state index contributed by atoms with van der Waals surface area (Å²) in [6, 6.07) is 18.3. The van der Waals surface area contributed by atoms with Gasteiger partial charge in [0.2, 0.25) is 11.8 Å². The summed E-state index contributed by atoms with van der Waals surface area (Å²) < 4.78 is 0. The second-order valence-electron chi connectivity index (χ2n) is 6.09. The molecule has 1 N–H and O–H groups in total. The van der Waals surface area contributed by atoms with Crippen molar-refractivity contribution in [3.8, 4) is 0 Å². The molecule has 1 atom stereocenters. The van der Waals surface area contributed by atoms with E-state index in [2.05, 4.69) is 36.2 Å². The summed E-state index contributed by atoms with van der Waals surface area (Å²) >= 11 is 0. The first kappa shape index (κ1) is 17.0. The molecule has 1 aliphatic rings. The molecule has 3 rings (SSSR count). The molecule has 4 heteroatoms. The summed E-state index contributed by atoms with van der Waals surface area (Å²) in [4.78, 5) is 26.0. The zero-order valence-electron chi connectivity index (χ0n) is 14.2. The van der Waals surface area contributed by atoms with Gasteiger partial charge in [-0.3, -0.25) is 9.59 Å². The van der Waals surface area contributed by atoms with Gasteiger partial charge in [0, 0.05) is 19.5 Å². The number of carbonyl (C=O) groups excluding carboxylic acids is 2. The molecule has 0 fully saturated rings. The molecule has 0 saturated heterocycles. The van der Waals surface area contributed by atoms with E-state index in [4.69, 9.17) is 0 Å². The van der Waals surface area contributed by atoms with Gasteiger partial charge in [-0.2, -0.15) is 0 Å². The largest absolute Gasteiger partial charge is 0.352 e. The van der Waals surface area contributed by atoms with Crippen LogP contribution in [0.4, 0.5) is 0 Å². The minimum Gasteiger partial charge on any atom is -0.352 e. The Balaban J connectivity index is 1.84. The van der Waals surface area contributed by atoms with Crippen molar-refractivity contribution in [1.82, 2.24) is 10.2 Å². The molecule has 0 unspecified atom stereocenters. The Kier molecular flexibility index (Phi) is 5.29. The third-order valence-corrected chi connectivity index (χ3v) is 4.54. The van der Waals surface area contributed by atoms with Crippen molar-refractivity contribution < 1.29 is 9.59 Å². The second kappa shape index (κ2) is 7.79. The molecule has 1 aliphatic heterocycles. The van der Waals surface area contributed by atoms with Gasteiger partial charge in [0.25, 0.3) is 0 Å². The van der Waals surface area contributed by atoms with Crippen molar-refractivity contribution in [2.24, 2.45) is 0 Å². The Labute approximate surface area is 148 Å². The van der Waals surface area contributed by atoms with Gasteiger partial charge < -0.3 is 10.2 Å². The first-order valence-corrected chi connectivity index (χ1v) is 8.53. The predicted octanol–water partition coefficient (Wildman–Crippen LogP) is 2.85. The number of carbonyl (C=O) groups is 2. The van der Waals surface area contributed by atoms with E-state index in [1.807, 2.05) is 35.2 Å². The standard InChI is InChI=1S/C21H22N2O2/c1-2-19(24)22-14-12-20(25)23-15-13-16-8-6-7-11-18(16)21(23)17-9-4-3-5-10-17/h2-11,21H,1,12-15H2,(H,22,24)/t21-/m0/s1. The first-order chi connectivity index (χ1) is 12.2. The lowest BCUT2D eigenvalue weighted by Gasteiger charge is -2.38. The molecule has 0 radical (unpaired) electrons. The summed E-state index contributed by atoms with van der Waals surface area (Å²) in [6.45, 7) is 4.43. The molecule has 0 spiro atoms. The maximum absolute atomic E-state index is 12.8. The van der Waals surface area contributed by atoms with Crippen molar-refractivity contribution in [3.05, 3.63) is 83.9 Å². The number of benzene rings is 2. The first-order valence-electron chi connectivity index (χ1n) is 8.53. The maximum atomic E-state index is 12.8. The Morgan fingerprint density at radius 1 is 1.12 bits per heavy atom. The van der Waals surface area contributed by atoms with Crippen LogP contribution in [0.15, 0.2) is 67.3 Å². The molecule has 1 heterocycles. The molecule has 0 saturated carbocycles. The van der Waals surface area contributed by atoms with E-state index in [9.17, 15) is 9.59 Å². The topological polar surface area (TPSA) is 49.4 Å². The molecule has 4 nitrogen and oxygen atoms in total. The van der Waals surface area contributed by atoms with Gasteiger partial charge in [-0.05, 0) is 29.2 Å². The fourth-order valence-corrected chi connectivity index (χ4v) is 3.34. The van der Waals surface area contributed by atoms with Gasteiger partial charge in [-0.25, -0.2) is 0 Å². The highest BCUT2D eigenvalue weighted by Crippen LogP contribution is 2.35. The summed E-state index contributed by atoms with van der Waals surface area (Å²) in [7, 11) is 0. The van der Waals surface area contributed by atoms with Crippen LogP contribution in [0.25, 0.3) is 0 Å². The highest BCUT2D eigenvalue weighted by molar-refractivity contribution is 5.87. The average Bonchev–Trinajstić information content (AvgIpc) is 2.67. The fourth-order valence-electron chi connectivity index (χ4n) is 3.34. The van der Waals surface area contributed by atoms with E-state index in [1.54, 1.807) is 0 Å². The van der Waals surface area contributed by atoms with Gasteiger partial charge in [-0.1, -0.05) is 61.2 Å². The van der Waals surface area contributed by atoms with Gasteiger partial charge in [0.1, 0.15) is 0 Å². The van der Waals surface area contributed by atoms with Crippen molar-refractivity contribution in [2.75, 3.05) is 13.1 Å². The Morgan fingerprint density at radius 2 is 1.84 bits per heavy atom. The highest BCUT2D eigenvalue weighted by Gasteiger charge is 2.31. The van der Waals surface area contributed by atoms with Crippen molar-refractivity contribution >= 4 is 11.8 Å². The Hall–Kier alpha value is -2.88. The van der Waals surface area contributed by atoms with Gasteiger partial charge in [0.15, 0.2) is 0 Å². The Bertz CT molecular complexity index is 770. The predicted molar refractivity (Wildman–Crippen MR) is 98.0 cm³/mol. The van der Waals surface area contributed by atoms with Crippen molar-refractivity contribution in [1.29, 1.82) is 0 Å². The summed E-state index contributed by atoms with van der Waals surface area (Å²) in [5, 5.41) is 2.67. The van der Waals surface area contributed by atoms with Crippen LogP contribution in [0.5, 0.6) is 0 Å². The number of nitrogens with one attached hydrogen (secondary N) is 1. The second-order valence-corrected chi connectivity index (χ2v) is 6.09. The van der Waals surface area contributed by atoms with Crippen LogP contribution in [-0.2, 0) is 16.0 Å². The van der Waals surface area contributed by atoms with Crippen molar-refractivity contribution in [2.45, 2.75) is 18.9 Å². The molecule has 2 aromatic carbocycles. The summed E-state index contributed by atoms with van der Waals surface area (Å²) in [5.74, 6) is -0.205. The molecule has 2 amide bonds. The lowest BCUT2D eigenvalue weighted by atomic mass is 9.88. The van der Waals surface area contributed by atoms with Gasteiger partial charge >= 0.3 is 0 Å². The van der Waals surface area contributed by atoms with Crippen LogP contribution in [0.2, 0.25) is 0 Å². The molecule has 0 aromatic heterocycles. The highest BCUT2D eigenvalue weighted by atomic mass is 16.2. The van der Waals surface area contributed by atoms with Gasteiger partial charge in [-0.15, -0.1) is 0 Å². The lowest BCUT2D eigenvalue weighted by Crippen LogP contribution is -2.41. The normalized spacial score (nSPS) is 16.0. The minimum absolute atomic E-state index is 0.0488. The number of fused-ring (bicyclic) bond motifs is 1. The number of nitrogens with zero attached hydrogens (tertiary/aromatic N) is 1. The molecule has 128 valence electrons. The fraction of sp³-hybridized carbons (Fsp3) is 0.238. The SMILES string of the molecule is C=CC(=O)NCCC(=O)N1CCc2ccccc2[C@@H]1c1ccccc1. The van der Waals surface area contributed by atoms with Gasteiger partial charge in [0.05, 0.1) is 6.04 Å². The lowest BCUT2D eigenvalue weighted by molar-refractivity contribution is -0.133. The van der Waals surface area contributed by atoms with E-state index in [0.717, 1.165) is 12.0 Å². The smallest absolute Gasteiger partial charge is 0.243 e. The van der Waals surface area contributed by atoms with Crippen LogP contribution in [-0.4, -0.2) is 29.8 Å². The third-order valence-electron chi connectivity index (χ3n) is 4.54. The van der Waals surface area contributed by atoms with Crippen molar-refractivity contribution in [3.63, 3.8) is 0 Å².